The fraction of sp³-hybridized carbons (Fsp3) is 0.529. The van der Waals surface area contributed by atoms with Gasteiger partial charge in [0.25, 0.3) is 5.91 Å². The van der Waals surface area contributed by atoms with Crippen molar-refractivity contribution >= 4 is 12.2 Å². The van der Waals surface area contributed by atoms with Gasteiger partial charge in [0, 0.05) is 6.04 Å². The van der Waals surface area contributed by atoms with Gasteiger partial charge in [-0.3, -0.25) is 9.59 Å². The first-order valence-electron chi connectivity index (χ1n) is 7.58. The molecule has 1 N–H and O–H groups in total. The van der Waals surface area contributed by atoms with Crippen molar-refractivity contribution in [2.75, 3.05) is 6.61 Å². The molecule has 1 aliphatic rings. The highest BCUT2D eigenvalue weighted by molar-refractivity contribution is 5.80. The van der Waals surface area contributed by atoms with Gasteiger partial charge < -0.3 is 10.1 Å². The van der Waals surface area contributed by atoms with Crippen LogP contribution in [0.3, 0.4) is 0 Å². The number of carbonyl (C=O) groups is 2. The minimum absolute atomic E-state index is 0.0531. The topological polar surface area (TPSA) is 55.4 Å². The Hall–Kier alpha value is -1.84. The van der Waals surface area contributed by atoms with Crippen LogP contribution in [0.25, 0.3) is 0 Å². The molecule has 0 heterocycles. The molecule has 0 radical (unpaired) electrons. The molecule has 1 aromatic carbocycles. The zero-order valence-corrected chi connectivity index (χ0v) is 12.7. The van der Waals surface area contributed by atoms with Crippen LogP contribution in [0, 0.1) is 11.8 Å². The van der Waals surface area contributed by atoms with Crippen LogP contribution in [0.1, 0.15) is 43.5 Å². The summed E-state index contributed by atoms with van der Waals surface area (Å²) in [6.07, 6.45) is 4.16. The lowest BCUT2D eigenvalue weighted by atomic mass is 9.78. The SMILES string of the molecule is C[C@@H]1[C@H](C)CCC[C@H]1NC(=O)COc1ccccc1C=O. The number of ether oxygens (including phenoxy) is 1. The lowest BCUT2D eigenvalue weighted by molar-refractivity contribution is -0.124. The van der Waals surface area contributed by atoms with Gasteiger partial charge in [-0.15, -0.1) is 0 Å². The molecule has 4 nitrogen and oxygen atoms in total. The zero-order chi connectivity index (χ0) is 15.2. The van der Waals surface area contributed by atoms with Crippen LogP contribution in [0.5, 0.6) is 5.75 Å². The van der Waals surface area contributed by atoms with E-state index >= 15 is 0 Å². The standard InChI is InChI=1S/C17H23NO3/c1-12-6-5-8-15(13(12)2)18-17(20)11-21-16-9-4-3-7-14(16)10-19/h3-4,7,9-10,12-13,15H,5-6,8,11H2,1-2H3,(H,18,20)/t12-,13-,15-/m1/s1. The molecule has 0 spiro atoms. The van der Waals surface area contributed by atoms with E-state index in [-0.39, 0.29) is 18.6 Å². The summed E-state index contributed by atoms with van der Waals surface area (Å²) in [5.74, 6) is 1.46. The highest BCUT2D eigenvalue weighted by Crippen LogP contribution is 2.29. The van der Waals surface area contributed by atoms with Crippen molar-refractivity contribution in [2.24, 2.45) is 11.8 Å². The van der Waals surface area contributed by atoms with Gasteiger partial charge in [0.1, 0.15) is 5.75 Å². The largest absolute Gasteiger partial charge is 0.483 e. The third-order valence-electron chi connectivity index (χ3n) is 4.46. The fourth-order valence-electron chi connectivity index (χ4n) is 2.89. The molecule has 0 saturated heterocycles. The Morgan fingerprint density at radius 2 is 2.10 bits per heavy atom. The van der Waals surface area contributed by atoms with Crippen LogP contribution >= 0.6 is 0 Å². The second-order valence-corrected chi connectivity index (χ2v) is 5.89. The van der Waals surface area contributed by atoms with E-state index in [4.69, 9.17) is 4.74 Å². The number of hydrogen-bond acceptors (Lipinski definition) is 3. The Bertz CT molecular complexity index is 501. The Labute approximate surface area is 125 Å². The van der Waals surface area contributed by atoms with Crippen molar-refractivity contribution in [3.63, 3.8) is 0 Å². The van der Waals surface area contributed by atoms with E-state index in [2.05, 4.69) is 19.2 Å². The average Bonchev–Trinajstić information content (AvgIpc) is 2.50. The van der Waals surface area contributed by atoms with Crippen LogP contribution in [-0.4, -0.2) is 24.8 Å². The number of amides is 1. The van der Waals surface area contributed by atoms with E-state index in [1.807, 2.05) is 0 Å². The number of nitrogens with one attached hydrogen (secondary N) is 1. The Morgan fingerprint density at radius 3 is 2.86 bits per heavy atom. The van der Waals surface area contributed by atoms with Crippen LogP contribution in [0.15, 0.2) is 24.3 Å². The van der Waals surface area contributed by atoms with Crippen LogP contribution in [-0.2, 0) is 4.79 Å². The summed E-state index contributed by atoms with van der Waals surface area (Å²) >= 11 is 0. The molecular weight excluding hydrogens is 266 g/mol. The third kappa shape index (κ3) is 4.06. The molecule has 0 bridgehead atoms. The molecule has 1 saturated carbocycles. The Kier molecular flexibility index (Phi) is 5.37. The first kappa shape index (κ1) is 15.5. The molecule has 21 heavy (non-hydrogen) atoms. The normalized spacial score (nSPS) is 25.1. The van der Waals surface area contributed by atoms with Gasteiger partial charge in [0.15, 0.2) is 12.9 Å². The quantitative estimate of drug-likeness (QED) is 0.848. The molecular formula is C17H23NO3. The number of hydrogen-bond donors (Lipinski definition) is 1. The molecule has 0 aromatic heterocycles. The molecule has 1 fully saturated rings. The van der Waals surface area contributed by atoms with E-state index in [1.165, 1.54) is 6.42 Å². The van der Waals surface area contributed by atoms with Crippen molar-refractivity contribution in [3.05, 3.63) is 29.8 Å². The number of carbonyl (C=O) groups excluding carboxylic acids is 2. The maximum Gasteiger partial charge on any atom is 0.258 e. The van der Waals surface area contributed by atoms with Gasteiger partial charge in [0.2, 0.25) is 0 Å². The van der Waals surface area contributed by atoms with E-state index < -0.39 is 0 Å². The maximum atomic E-state index is 12.0. The molecule has 3 atom stereocenters. The molecule has 4 heteroatoms. The highest BCUT2D eigenvalue weighted by atomic mass is 16.5. The molecule has 2 rings (SSSR count). The van der Waals surface area contributed by atoms with Gasteiger partial charge >= 0.3 is 0 Å². The van der Waals surface area contributed by atoms with Gasteiger partial charge in [-0.05, 0) is 30.4 Å². The van der Waals surface area contributed by atoms with E-state index in [0.29, 0.717) is 23.1 Å². The number of aldehydes is 1. The molecule has 0 aliphatic heterocycles. The summed E-state index contributed by atoms with van der Waals surface area (Å²) in [5, 5.41) is 3.05. The second-order valence-electron chi connectivity index (χ2n) is 5.89. The summed E-state index contributed by atoms with van der Waals surface area (Å²) in [7, 11) is 0. The summed E-state index contributed by atoms with van der Waals surface area (Å²) in [4.78, 5) is 22.9. The van der Waals surface area contributed by atoms with Crippen LogP contribution < -0.4 is 10.1 Å². The summed E-state index contributed by atoms with van der Waals surface area (Å²) in [6, 6.07) is 7.14. The van der Waals surface area contributed by atoms with Gasteiger partial charge in [-0.2, -0.15) is 0 Å². The number of benzene rings is 1. The van der Waals surface area contributed by atoms with E-state index in [0.717, 1.165) is 19.1 Å². The smallest absolute Gasteiger partial charge is 0.258 e. The molecule has 1 aliphatic carbocycles. The lowest BCUT2D eigenvalue weighted by Gasteiger charge is -2.34. The zero-order valence-electron chi connectivity index (χ0n) is 12.7. The van der Waals surface area contributed by atoms with Crippen LogP contribution in [0.4, 0.5) is 0 Å². The number of rotatable bonds is 5. The van der Waals surface area contributed by atoms with E-state index in [9.17, 15) is 9.59 Å². The molecule has 1 aromatic rings. The molecule has 114 valence electrons. The summed E-state index contributed by atoms with van der Waals surface area (Å²) in [5.41, 5.74) is 0.463. The first-order valence-corrected chi connectivity index (χ1v) is 7.58. The highest BCUT2D eigenvalue weighted by Gasteiger charge is 2.28. The van der Waals surface area contributed by atoms with Crippen molar-refractivity contribution in [1.29, 1.82) is 0 Å². The first-order chi connectivity index (χ1) is 10.1. The average molecular weight is 289 g/mol. The van der Waals surface area contributed by atoms with Crippen molar-refractivity contribution in [2.45, 2.75) is 39.2 Å². The van der Waals surface area contributed by atoms with Crippen molar-refractivity contribution in [1.82, 2.24) is 5.32 Å². The Morgan fingerprint density at radius 1 is 1.33 bits per heavy atom. The Balaban J connectivity index is 1.86. The second kappa shape index (κ2) is 7.25. The van der Waals surface area contributed by atoms with Crippen molar-refractivity contribution < 1.29 is 14.3 Å². The minimum Gasteiger partial charge on any atom is -0.483 e. The summed E-state index contributed by atoms with van der Waals surface area (Å²) in [6.45, 7) is 4.37. The predicted octanol–water partition coefficient (Wildman–Crippen LogP) is 2.82. The minimum atomic E-state index is -0.123. The third-order valence-corrected chi connectivity index (χ3v) is 4.46. The lowest BCUT2D eigenvalue weighted by Crippen LogP contribution is -2.45. The molecule has 1 amide bonds. The maximum absolute atomic E-state index is 12.0. The summed E-state index contributed by atoms with van der Waals surface area (Å²) < 4.78 is 5.45. The fourth-order valence-corrected chi connectivity index (χ4v) is 2.89. The molecule has 0 unspecified atom stereocenters. The van der Waals surface area contributed by atoms with E-state index in [1.54, 1.807) is 24.3 Å². The monoisotopic (exact) mass is 289 g/mol. The predicted molar refractivity (Wildman–Crippen MR) is 81.4 cm³/mol. The van der Waals surface area contributed by atoms with Crippen LogP contribution in [0.2, 0.25) is 0 Å². The van der Waals surface area contributed by atoms with Crippen molar-refractivity contribution in [3.8, 4) is 5.75 Å². The van der Waals surface area contributed by atoms with Gasteiger partial charge in [0.05, 0.1) is 5.56 Å². The number of para-hydroxylation sites is 1. The van der Waals surface area contributed by atoms with Gasteiger partial charge in [-0.25, -0.2) is 0 Å². The van der Waals surface area contributed by atoms with Gasteiger partial charge in [-0.1, -0.05) is 38.8 Å².